The Morgan fingerprint density at radius 1 is 1.09 bits per heavy atom. The molecular formula is C15H16N4O4. The largest absolute Gasteiger partial charge is 0.364 e. The van der Waals surface area contributed by atoms with E-state index in [0.717, 1.165) is 18.9 Å². The molecule has 8 nitrogen and oxygen atoms in total. The van der Waals surface area contributed by atoms with E-state index < -0.39 is 9.85 Å². The van der Waals surface area contributed by atoms with E-state index in [-0.39, 0.29) is 17.4 Å². The number of anilines is 1. The summed E-state index contributed by atoms with van der Waals surface area (Å²) in [6.45, 7) is 1.35. The fourth-order valence-electron chi connectivity index (χ4n) is 3.05. The van der Waals surface area contributed by atoms with Crippen LogP contribution in [0.1, 0.15) is 18.9 Å². The van der Waals surface area contributed by atoms with Gasteiger partial charge in [0.25, 0.3) is 11.4 Å². The van der Waals surface area contributed by atoms with Crippen LogP contribution in [-0.2, 0) is 0 Å². The van der Waals surface area contributed by atoms with Crippen LogP contribution in [0.25, 0.3) is 0 Å². The maximum Gasteiger partial charge on any atom is 0.299 e. The lowest BCUT2D eigenvalue weighted by Gasteiger charge is -2.34. The molecule has 3 rings (SSSR count). The summed E-state index contributed by atoms with van der Waals surface area (Å²) in [6, 6.07) is 7.99. The van der Waals surface area contributed by atoms with E-state index in [4.69, 9.17) is 0 Å². The second kappa shape index (κ2) is 6.07. The van der Waals surface area contributed by atoms with Gasteiger partial charge >= 0.3 is 0 Å². The van der Waals surface area contributed by atoms with Crippen molar-refractivity contribution in [2.24, 2.45) is 0 Å². The van der Waals surface area contributed by atoms with E-state index in [2.05, 4.69) is 4.57 Å². The van der Waals surface area contributed by atoms with Gasteiger partial charge in [0, 0.05) is 31.5 Å². The van der Waals surface area contributed by atoms with Gasteiger partial charge in [-0.25, -0.2) is 0 Å². The molecule has 2 aromatic rings. The lowest BCUT2D eigenvalue weighted by Crippen LogP contribution is -2.36. The second-order valence-electron chi connectivity index (χ2n) is 5.56. The summed E-state index contributed by atoms with van der Waals surface area (Å²) < 4.78 is 2.10. The predicted octanol–water partition coefficient (Wildman–Crippen LogP) is 3.15. The van der Waals surface area contributed by atoms with Crippen molar-refractivity contribution in [1.29, 1.82) is 0 Å². The summed E-state index contributed by atoms with van der Waals surface area (Å²) in [5.41, 5.74) is -0.0377. The van der Waals surface area contributed by atoms with Crippen LogP contribution >= 0.6 is 0 Å². The third kappa shape index (κ3) is 3.01. The highest BCUT2D eigenvalue weighted by molar-refractivity contribution is 5.67. The first-order valence-corrected chi connectivity index (χ1v) is 7.36. The number of nitrogens with zero attached hydrogens (tertiary/aromatic N) is 4. The van der Waals surface area contributed by atoms with Gasteiger partial charge in [-0.1, -0.05) is 0 Å². The number of hydrogen-bond acceptors (Lipinski definition) is 5. The van der Waals surface area contributed by atoms with Gasteiger partial charge in [0.1, 0.15) is 5.69 Å². The number of aromatic nitrogens is 1. The molecule has 1 aromatic heterocycles. The summed E-state index contributed by atoms with van der Waals surface area (Å²) in [7, 11) is 0. The first kappa shape index (κ1) is 15.0. The Hall–Kier alpha value is -2.90. The minimum atomic E-state index is -0.615. The van der Waals surface area contributed by atoms with Gasteiger partial charge in [-0.15, -0.1) is 0 Å². The van der Waals surface area contributed by atoms with Crippen LogP contribution in [0, 0.1) is 20.2 Å². The first-order chi connectivity index (χ1) is 11.1. The molecule has 1 aliphatic rings. The molecule has 0 saturated carbocycles. The maximum atomic E-state index is 11.3. The fourth-order valence-corrected chi connectivity index (χ4v) is 3.05. The summed E-state index contributed by atoms with van der Waals surface area (Å²) in [4.78, 5) is 22.9. The molecule has 8 heteroatoms. The average molecular weight is 316 g/mol. The number of nitro benzene ring substituents is 2. The molecule has 23 heavy (non-hydrogen) atoms. The van der Waals surface area contributed by atoms with E-state index in [9.17, 15) is 20.2 Å². The topological polar surface area (TPSA) is 94.5 Å². The molecule has 1 saturated heterocycles. The zero-order valence-electron chi connectivity index (χ0n) is 12.4. The van der Waals surface area contributed by atoms with Crippen molar-refractivity contribution in [3.05, 3.63) is 63.0 Å². The molecule has 0 spiro atoms. The third-order valence-electron chi connectivity index (χ3n) is 4.15. The van der Waals surface area contributed by atoms with Gasteiger partial charge in [0.15, 0.2) is 0 Å². The Balaban J connectivity index is 1.91. The number of benzene rings is 1. The van der Waals surface area contributed by atoms with E-state index in [0.29, 0.717) is 18.8 Å². The highest BCUT2D eigenvalue weighted by Crippen LogP contribution is 2.35. The van der Waals surface area contributed by atoms with Gasteiger partial charge in [0.05, 0.1) is 22.0 Å². The molecular weight excluding hydrogens is 300 g/mol. The summed E-state index contributed by atoms with van der Waals surface area (Å²) in [5, 5.41) is 22.1. The monoisotopic (exact) mass is 316 g/mol. The molecule has 1 atom stereocenters. The molecule has 120 valence electrons. The van der Waals surface area contributed by atoms with Crippen LogP contribution in [0.4, 0.5) is 17.1 Å². The number of nitro groups is 2. The molecule has 0 radical (unpaired) electrons. The average Bonchev–Trinajstić information content (AvgIpc) is 3.09. The van der Waals surface area contributed by atoms with Crippen LogP contribution in [0.3, 0.4) is 0 Å². The normalized spacial score (nSPS) is 17.9. The van der Waals surface area contributed by atoms with Crippen LogP contribution in [0.2, 0.25) is 0 Å². The van der Waals surface area contributed by atoms with Gasteiger partial charge < -0.3 is 9.47 Å². The molecule has 1 aliphatic heterocycles. The van der Waals surface area contributed by atoms with Crippen molar-refractivity contribution in [2.45, 2.75) is 18.9 Å². The van der Waals surface area contributed by atoms with Gasteiger partial charge in [0.2, 0.25) is 0 Å². The zero-order valence-corrected chi connectivity index (χ0v) is 12.4. The summed E-state index contributed by atoms with van der Waals surface area (Å²) in [5.74, 6) is 0. The van der Waals surface area contributed by atoms with Gasteiger partial charge in [-0.3, -0.25) is 20.2 Å². The molecule has 1 fully saturated rings. The molecule has 2 heterocycles. The molecule has 1 aromatic carbocycles. The van der Waals surface area contributed by atoms with Gasteiger partial charge in [-0.05, 0) is 31.0 Å². The van der Waals surface area contributed by atoms with Gasteiger partial charge in [-0.2, -0.15) is 0 Å². The fraction of sp³-hybridized carbons (Fsp3) is 0.333. The SMILES string of the molecule is O=[N+]([O-])c1ccc(N2CCC[C@@H](n3cccc3)C2)c([N+](=O)[O-])c1. The Kier molecular flexibility index (Phi) is 3.96. The number of piperidine rings is 1. The van der Waals surface area contributed by atoms with Crippen molar-refractivity contribution in [2.75, 3.05) is 18.0 Å². The molecule has 0 amide bonds. The third-order valence-corrected chi connectivity index (χ3v) is 4.15. The number of hydrogen-bond donors (Lipinski definition) is 0. The van der Waals surface area contributed by atoms with Crippen molar-refractivity contribution < 1.29 is 9.85 Å². The Labute approximate surface area is 132 Å². The number of rotatable bonds is 4. The van der Waals surface area contributed by atoms with Crippen LogP contribution < -0.4 is 4.90 Å². The standard InChI is InChI=1S/C15H16N4O4/c20-18(21)12-5-6-14(15(10-12)19(22)23)17-9-3-4-13(11-17)16-7-1-2-8-16/h1-2,5-8,10,13H,3-4,9,11H2/t13-/m1/s1. The highest BCUT2D eigenvalue weighted by atomic mass is 16.6. The smallest absolute Gasteiger partial charge is 0.299 e. The lowest BCUT2D eigenvalue weighted by atomic mass is 10.0. The Morgan fingerprint density at radius 2 is 1.83 bits per heavy atom. The van der Waals surface area contributed by atoms with Crippen molar-refractivity contribution >= 4 is 17.1 Å². The van der Waals surface area contributed by atoms with Crippen molar-refractivity contribution in [3.8, 4) is 0 Å². The highest BCUT2D eigenvalue weighted by Gasteiger charge is 2.27. The van der Waals surface area contributed by atoms with Crippen molar-refractivity contribution in [1.82, 2.24) is 4.57 Å². The second-order valence-corrected chi connectivity index (χ2v) is 5.56. The summed E-state index contributed by atoms with van der Waals surface area (Å²) >= 11 is 0. The predicted molar refractivity (Wildman–Crippen MR) is 84.7 cm³/mol. The molecule has 0 unspecified atom stereocenters. The Morgan fingerprint density at radius 3 is 2.48 bits per heavy atom. The molecule has 0 aliphatic carbocycles. The minimum absolute atomic E-state index is 0.215. The van der Waals surface area contributed by atoms with E-state index in [1.54, 1.807) is 0 Å². The molecule has 0 bridgehead atoms. The lowest BCUT2D eigenvalue weighted by molar-refractivity contribution is -0.393. The summed E-state index contributed by atoms with van der Waals surface area (Å²) in [6.07, 6.45) is 5.89. The van der Waals surface area contributed by atoms with E-state index >= 15 is 0 Å². The zero-order chi connectivity index (χ0) is 16.4. The quantitative estimate of drug-likeness (QED) is 0.638. The minimum Gasteiger partial charge on any atom is -0.364 e. The van der Waals surface area contributed by atoms with Crippen LogP contribution in [-0.4, -0.2) is 27.5 Å². The van der Waals surface area contributed by atoms with E-state index in [1.807, 2.05) is 29.4 Å². The maximum absolute atomic E-state index is 11.3. The molecule has 0 N–H and O–H groups in total. The van der Waals surface area contributed by atoms with Crippen LogP contribution in [0.15, 0.2) is 42.7 Å². The van der Waals surface area contributed by atoms with E-state index in [1.165, 1.54) is 12.1 Å². The first-order valence-electron chi connectivity index (χ1n) is 7.36. The van der Waals surface area contributed by atoms with Crippen molar-refractivity contribution in [3.63, 3.8) is 0 Å². The van der Waals surface area contributed by atoms with Crippen LogP contribution in [0.5, 0.6) is 0 Å². The number of non-ortho nitro benzene ring substituents is 1. The Bertz CT molecular complexity index is 729.